The van der Waals surface area contributed by atoms with Crippen molar-refractivity contribution in [1.29, 1.82) is 0 Å². The standard InChI is InChI=1S/C11H10O4S/c1-13-10-6-7-11(16-15-14-12)9-5-3-2-4-8(9)10/h2-7,12H,1H3. The van der Waals surface area contributed by atoms with Gasteiger partial charge in [-0.25, -0.2) is 5.26 Å². The third-order valence-corrected chi connectivity index (χ3v) is 2.88. The van der Waals surface area contributed by atoms with E-state index in [0.717, 1.165) is 33.5 Å². The summed E-state index contributed by atoms with van der Waals surface area (Å²) in [6, 6.07) is 11.4. The molecule has 16 heavy (non-hydrogen) atoms. The summed E-state index contributed by atoms with van der Waals surface area (Å²) in [7, 11) is 1.63. The molecule has 0 spiro atoms. The van der Waals surface area contributed by atoms with E-state index in [0.29, 0.717) is 0 Å². The molecule has 2 aromatic rings. The van der Waals surface area contributed by atoms with E-state index in [2.05, 4.69) is 9.37 Å². The van der Waals surface area contributed by atoms with Crippen LogP contribution in [0.1, 0.15) is 0 Å². The van der Waals surface area contributed by atoms with E-state index in [4.69, 9.17) is 9.99 Å². The third kappa shape index (κ3) is 2.12. The molecule has 1 N–H and O–H groups in total. The van der Waals surface area contributed by atoms with E-state index >= 15 is 0 Å². The number of hydrogen-bond donors (Lipinski definition) is 1. The molecule has 5 heteroatoms. The van der Waals surface area contributed by atoms with Crippen molar-refractivity contribution in [3.63, 3.8) is 0 Å². The van der Waals surface area contributed by atoms with Crippen molar-refractivity contribution < 1.29 is 19.4 Å². The third-order valence-electron chi connectivity index (χ3n) is 2.22. The lowest BCUT2D eigenvalue weighted by atomic mass is 10.1. The van der Waals surface area contributed by atoms with Gasteiger partial charge in [-0.3, -0.25) is 0 Å². The van der Waals surface area contributed by atoms with Crippen molar-refractivity contribution >= 4 is 22.8 Å². The highest BCUT2D eigenvalue weighted by Crippen LogP contribution is 2.34. The van der Waals surface area contributed by atoms with Crippen LogP contribution in [0, 0.1) is 0 Å². The normalized spacial score (nSPS) is 10.6. The molecule has 0 heterocycles. The van der Waals surface area contributed by atoms with Gasteiger partial charge in [-0.15, -0.1) is 4.33 Å². The second-order valence-electron chi connectivity index (χ2n) is 3.04. The predicted octanol–water partition coefficient (Wildman–Crippen LogP) is 3.28. The molecular formula is C11H10O4S. The Balaban J connectivity index is 2.51. The van der Waals surface area contributed by atoms with E-state index in [1.807, 2.05) is 36.4 Å². The molecule has 0 unspecified atom stereocenters. The minimum atomic E-state index is 0.796. The summed E-state index contributed by atoms with van der Waals surface area (Å²) in [4.78, 5) is 0.838. The highest BCUT2D eigenvalue weighted by atomic mass is 32.2. The quantitative estimate of drug-likeness (QED) is 0.503. The van der Waals surface area contributed by atoms with Gasteiger partial charge in [0.1, 0.15) is 5.75 Å². The monoisotopic (exact) mass is 238 g/mol. The van der Waals surface area contributed by atoms with Crippen molar-refractivity contribution in [3.8, 4) is 5.75 Å². The van der Waals surface area contributed by atoms with Crippen LogP contribution in [0.3, 0.4) is 0 Å². The SMILES string of the molecule is COc1ccc(SOOO)c2ccccc12. The van der Waals surface area contributed by atoms with Crippen molar-refractivity contribution in [2.45, 2.75) is 4.90 Å². The lowest BCUT2D eigenvalue weighted by Gasteiger charge is -2.08. The average Bonchev–Trinajstić information content (AvgIpc) is 2.36. The van der Waals surface area contributed by atoms with Crippen LogP contribution >= 0.6 is 12.0 Å². The first-order valence-electron chi connectivity index (χ1n) is 4.57. The Bertz CT molecular complexity index is 486. The molecule has 0 aromatic heterocycles. The van der Waals surface area contributed by atoms with Gasteiger partial charge in [0.15, 0.2) is 0 Å². The maximum atomic E-state index is 8.13. The molecule has 4 nitrogen and oxygen atoms in total. The zero-order chi connectivity index (χ0) is 11.4. The topological polar surface area (TPSA) is 47.9 Å². The Hall–Kier alpha value is -1.27. The van der Waals surface area contributed by atoms with Gasteiger partial charge in [0.2, 0.25) is 0 Å². The second kappa shape index (κ2) is 5.18. The smallest absolute Gasteiger partial charge is 0.126 e. The molecule has 2 rings (SSSR count). The lowest BCUT2D eigenvalue weighted by Crippen LogP contribution is -1.87. The molecule has 0 aliphatic carbocycles. The molecule has 2 aromatic carbocycles. The number of benzene rings is 2. The first kappa shape index (κ1) is 11.2. The fourth-order valence-corrected chi connectivity index (χ4v) is 2.04. The van der Waals surface area contributed by atoms with Gasteiger partial charge < -0.3 is 4.74 Å². The Morgan fingerprint density at radius 1 is 1.06 bits per heavy atom. The highest BCUT2D eigenvalue weighted by Gasteiger charge is 2.07. The van der Waals surface area contributed by atoms with Gasteiger partial charge >= 0.3 is 0 Å². The second-order valence-corrected chi connectivity index (χ2v) is 3.78. The zero-order valence-electron chi connectivity index (χ0n) is 8.54. The van der Waals surface area contributed by atoms with Crippen molar-refractivity contribution in [2.75, 3.05) is 7.11 Å². The van der Waals surface area contributed by atoms with Crippen molar-refractivity contribution in [3.05, 3.63) is 36.4 Å². The molecule has 0 fully saturated rings. The summed E-state index contributed by atoms with van der Waals surface area (Å²) < 4.78 is 9.69. The average molecular weight is 238 g/mol. The van der Waals surface area contributed by atoms with Crippen LogP contribution in [-0.4, -0.2) is 12.4 Å². The molecule has 0 atom stereocenters. The van der Waals surface area contributed by atoms with E-state index in [9.17, 15) is 0 Å². The van der Waals surface area contributed by atoms with Crippen LogP contribution in [-0.2, 0) is 9.37 Å². The first-order chi connectivity index (χ1) is 7.86. The summed E-state index contributed by atoms with van der Waals surface area (Å²) in [6.07, 6.45) is 0. The number of methoxy groups -OCH3 is 1. The maximum absolute atomic E-state index is 8.13. The molecule has 0 radical (unpaired) electrons. The molecular weight excluding hydrogens is 228 g/mol. The van der Waals surface area contributed by atoms with Crippen LogP contribution in [0.5, 0.6) is 5.75 Å². The Kier molecular flexibility index (Phi) is 3.63. The van der Waals surface area contributed by atoms with Gasteiger partial charge in [-0.1, -0.05) is 29.3 Å². The fourth-order valence-electron chi connectivity index (χ4n) is 1.55. The number of hydrogen-bond acceptors (Lipinski definition) is 5. The van der Waals surface area contributed by atoms with E-state index < -0.39 is 0 Å². The van der Waals surface area contributed by atoms with Gasteiger partial charge in [-0.05, 0) is 12.1 Å². The minimum absolute atomic E-state index is 0.796. The van der Waals surface area contributed by atoms with E-state index in [1.165, 1.54) is 0 Å². The van der Waals surface area contributed by atoms with Crippen LogP contribution < -0.4 is 4.74 Å². The van der Waals surface area contributed by atoms with E-state index in [-0.39, 0.29) is 0 Å². The van der Waals surface area contributed by atoms with E-state index in [1.54, 1.807) is 7.11 Å². The van der Waals surface area contributed by atoms with Gasteiger partial charge in [0.25, 0.3) is 0 Å². The van der Waals surface area contributed by atoms with Gasteiger partial charge in [-0.2, -0.15) is 0 Å². The molecule has 0 aliphatic rings. The Morgan fingerprint density at radius 2 is 1.81 bits per heavy atom. The Labute approximate surface area is 96.8 Å². The summed E-state index contributed by atoms with van der Waals surface area (Å²) >= 11 is 0.941. The molecule has 0 amide bonds. The maximum Gasteiger partial charge on any atom is 0.126 e. The van der Waals surface area contributed by atoms with Crippen LogP contribution in [0.4, 0.5) is 0 Å². The van der Waals surface area contributed by atoms with Crippen molar-refractivity contribution in [2.24, 2.45) is 0 Å². The Morgan fingerprint density at radius 3 is 2.50 bits per heavy atom. The first-order valence-corrected chi connectivity index (χ1v) is 5.31. The molecule has 0 aliphatic heterocycles. The number of rotatable bonds is 4. The zero-order valence-corrected chi connectivity index (χ0v) is 9.36. The number of fused-ring (bicyclic) bond motifs is 1. The number of ether oxygens (including phenoxy) is 1. The predicted molar refractivity (Wildman–Crippen MR) is 61.2 cm³/mol. The summed E-state index contributed by atoms with van der Waals surface area (Å²) in [6.45, 7) is 0. The molecule has 84 valence electrons. The van der Waals surface area contributed by atoms with Crippen LogP contribution in [0.25, 0.3) is 10.8 Å². The van der Waals surface area contributed by atoms with Crippen LogP contribution in [0.2, 0.25) is 0 Å². The van der Waals surface area contributed by atoms with Gasteiger partial charge in [0, 0.05) is 15.7 Å². The summed E-state index contributed by atoms with van der Waals surface area (Å²) in [5.74, 6) is 0.796. The van der Waals surface area contributed by atoms with Crippen LogP contribution in [0.15, 0.2) is 41.3 Å². The lowest BCUT2D eigenvalue weighted by molar-refractivity contribution is -0.432. The summed E-state index contributed by atoms with van der Waals surface area (Å²) in [5.41, 5.74) is 0. The highest BCUT2D eigenvalue weighted by molar-refractivity contribution is 7.94. The largest absolute Gasteiger partial charge is 0.496 e. The fraction of sp³-hybridized carbons (Fsp3) is 0.0909. The summed E-state index contributed by atoms with van der Waals surface area (Å²) in [5, 5.41) is 13.7. The molecule has 0 saturated carbocycles. The molecule has 0 bridgehead atoms. The van der Waals surface area contributed by atoms with Crippen molar-refractivity contribution in [1.82, 2.24) is 0 Å². The molecule has 0 saturated heterocycles. The minimum Gasteiger partial charge on any atom is -0.496 e. The van der Waals surface area contributed by atoms with Gasteiger partial charge in [0.05, 0.1) is 19.2 Å².